The molecule has 1 aromatic carbocycles. The van der Waals surface area contributed by atoms with Gasteiger partial charge in [-0.2, -0.15) is 0 Å². The zero-order chi connectivity index (χ0) is 11.5. The van der Waals surface area contributed by atoms with Crippen molar-refractivity contribution < 1.29 is 9.53 Å². The van der Waals surface area contributed by atoms with E-state index in [1.54, 1.807) is 37.4 Å². The third kappa shape index (κ3) is 1.82. The van der Waals surface area contributed by atoms with Crippen LogP contribution in [0.5, 0.6) is 0 Å². The predicted octanol–water partition coefficient (Wildman–Crippen LogP) is 1.99. The van der Waals surface area contributed by atoms with E-state index in [4.69, 9.17) is 10.5 Å². The third-order valence-electron chi connectivity index (χ3n) is 2.29. The van der Waals surface area contributed by atoms with Crippen molar-refractivity contribution in [1.82, 2.24) is 4.98 Å². The Morgan fingerprint density at radius 2 is 2.25 bits per heavy atom. The van der Waals surface area contributed by atoms with Gasteiger partial charge in [0.1, 0.15) is 0 Å². The Hall–Kier alpha value is -2.10. The maximum atomic E-state index is 11.5. The summed E-state index contributed by atoms with van der Waals surface area (Å²) in [6.45, 7) is 2.13. The van der Waals surface area contributed by atoms with E-state index in [1.807, 2.05) is 0 Å². The highest BCUT2D eigenvalue weighted by Gasteiger charge is 2.08. The molecule has 4 heteroatoms. The van der Waals surface area contributed by atoms with Crippen molar-refractivity contribution in [3.05, 3.63) is 36.0 Å². The van der Waals surface area contributed by atoms with Gasteiger partial charge in [0.05, 0.1) is 17.7 Å². The molecule has 0 unspecified atom stereocenters. The van der Waals surface area contributed by atoms with Crippen molar-refractivity contribution in [3.8, 4) is 0 Å². The molecule has 0 saturated heterocycles. The highest BCUT2D eigenvalue weighted by Crippen LogP contribution is 2.20. The number of ether oxygens (including phenoxy) is 1. The Labute approximate surface area is 93.0 Å². The van der Waals surface area contributed by atoms with Crippen LogP contribution < -0.4 is 5.73 Å². The lowest BCUT2D eigenvalue weighted by atomic mass is 10.1. The van der Waals surface area contributed by atoms with Gasteiger partial charge in [0.15, 0.2) is 0 Å². The standard InChI is InChI=1S/C12H12N2O2/c1-2-16-12(15)8-3-4-11-9(7-8)10(13)5-6-14-11/h3-7H,2H2,1H3,(H2,13,14). The van der Waals surface area contributed by atoms with E-state index >= 15 is 0 Å². The SMILES string of the molecule is CCOC(=O)c1ccc2nccc(N)c2c1. The van der Waals surface area contributed by atoms with Crippen LogP contribution in [-0.2, 0) is 4.74 Å². The molecule has 2 aromatic rings. The zero-order valence-corrected chi connectivity index (χ0v) is 8.93. The molecule has 0 saturated carbocycles. The summed E-state index contributed by atoms with van der Waals surface area (Å²) >= 11 is 0. The number of nitrogens with zero attached hydrogens (tertiary/aromatic N) is 1. The molecule has 16 heavy (non-hydrogen) atoms. The largest absolute Gasteiger partial charge is 0.462 e. The van der Waals surface area contributed by atoms with Gasteiger partial charge in [0.25, 0.3) is 0 Å². The number of carbonyl (C=O) groups is 1. The van der Waals surface area contributed by atoms with Crippen LogP contribution in [0.25, 0.3) is 10.9 Å². The minimum Gasteiger partial charge on any atom is -0.462 e. The summed E-state index contributed by atoms with van der Waals surface area (Å²) in [5.41, 5.74) is 7.68. The molecular formula is C12H12N2O2. The Bertz CT molecular complexity index is 538. The summed E-state index contributed by atoms with van der Waals surface area (Å²) in [7, 11) is 0. The van der Waals surface area contributed by atoms with Gasteiger partial charge in [-0.1, -0.05) is 0 Å². The number of rotatable bonds is 2. The smallest absolute Gasteiger partial charge is 0.338 e. The van der Waals surface area contributed by atoms with E-state index in [0.29, 0.717) is 17.9 Å². The number of benzene rings is 1. The number of aromatic nitrogens is 1. The van der Waals surface area contributed by atoms with E-state index in [2.05, 4.69) is 4.98 Å². The lowest BCUT2D eigenvalue weighted by Gasteiger charge is -2.04. The van der Waals surface area contributed by atoms with E-state index in [9.17, 15) is 4.79 Å². The van der Waals surface area contributed by atoms with Gasteiger partial charge in [0.2, 0.25) is 0 Å². The van der Waals surface area contributed by atoms with E-state index in [0.717, 1.165) is 10.9 Å². The van der Waals surface area contributed by atoms with Gasteiger partial charge < -0.3 is 10.5 Å². The van der Waals surface area contributed by atoms with Crippen LogP contribution in [0.1, 0.15) is 17.3 Å². The second-order valence-corrected chi connectivity index (χ2v) is 3.35. The second-order valence-electron chi connectivity index (χ2n) is 3.35. The van der Waals surface area contributed by atoms with Gasteiger partial charge >= 0.3 is 5.97 Å². The van der Waals surface area contributed by atoms with Crippen molar-refractivity contribution in [2.75, 3.05) is 12.3 Å². The Morgan fingerprint density at radius 3 is 3.00 bits per heavy atom. The molecule has 1 aromatic heterocycles. The predicted molar refractivity (Wildman–Crippen MR) is 62.1 cm³/mol. The van der Waals surface area contributed by atoms with E-state index in [1.165, 1.54) is 0 Å². The third-order valence-corrected chi connectivity index (χ3v) is 2.29. The topological polar surface area (TPSA) is 65.2 Å². The minimum absolute atomic E-state index is 0.340. The molecule has 1 heterocycles. The van der Waals surface area contributed by atoms with Crippen molar-refractivity contribution >= 4 is 22.6 Å². The number of nitrogen functional groups attached to an aromatic ring is 1. The summed E-state index contributed by atoms with van der Waals surface area (Å²) in [5, 5.41) is 0.771. The lowest BCUT2D eigenvalue weighted by molar-refractivity contribution is 0.0526. The number of anilines is 1. The van der Waals surface area contributed by atoms with Crippen LogP contribution in [0.4, 0.5) is 5.69 Å². The summed E-state index contributed by atoms with van der Waals surface area (Å²) in [6, 6.07) is 6.86. The number of pyridine rings is 1. The van der Waals surface area contributed by atoms with Crippen LogP contribution in [0, 0.1) is 0 Å². The summed E-state index contributed by atoms with van der Waals surface area (Å²) < 4.78 is 4.92. The van der Waals surface area contributed by atoms with Crippen molar-refractivity contribution in [2.45, 2.75) is 6.92 Å². The Balaban J connectivity index is 2.51. The monoisotopic (exact) mass is 216 g/mol. The zero-order valence-electron chi connectivity index (χ0n) is 8.93. The van der Waals surface area contributed by atoms with Crippen molar-refractivity contribution in [3.63, 3.8) is 0 Å². The summed E-state index contributed by atoms with van der Waals surface area (Å²) in [6.07, 6.45) is 1.64. The molecule has 82 valence electrons. The molecule has 0 aliphatic rings. The second kappa shape index (κ2) is 4.18. The summed E-state index contributed by atoms with van der Waals surface area (Å²) in [4.78, 5) is 15.7. The number of hydrogen-bond acceptors (Lipinski definition) is 4. The highest BCUT2D eigenvalue weighted by molar-refractivity contribution is 5.98. The fourth-order valence-electron chi connectivity index (χ4n) is 1.51. The maximum absolute atomic E-state index is 11.5. The number of nitrogens with two attached hydrogens (primary N) is 1. The molecule has 0 spiro atoms. The van der Waals surface area contributed by atoms with Gasteiger partial charge in [-0.25, -0.2) is 4.79 Å². The molecule has 2 rings (SSSR count). The Kier molecular flexibility index (Phi) is 2.72. The van der Waals surface area contributed by atoms with Gasteiger partial charge in [0, 0.05) is 17.3 Å². The van der Waals surface area contributed by atoms with Crippen LogP contribution >= 0.6 is 0 Å². The fraction of sp³-hybridized carbons (Fsp3) is 0.167. The lowest BCUT2D eigenvalue weighted by Crippen LogP contribution is -2.04. The minimum atomic E-state index is -0.340. The molecule has 0 bridgehead atoms. The number of fused-ring (bicyclic) bond motifs is 1. The normalized spacial score (nSPS) is 10.3. The molecule has 4 nitrogen and oxygen atoms in total. The van der Waals surface area contributed by atoms with E-state index < -0.39 is 0 Å². The quantitative estimate of drug-likeness (QED) is 0.780. The van der Waals surface area contributed by atoms with E-state index in [-0.39, 0.29) is 5.97 Å². The van der Waals surface area contributed by atoms with Crippen LogP contribution in [0.2, 0.25) is 0 Å². The Morgan fingerprint density at radius 1 is 1.44 bits per heavy atom. The first-order valence-electron chi connectivity index (χ1n) is 5.03. The van der Waals surface area contributed by atoms with Crippen LogP contribution in [0.15, 0.2) is 30.5 Å². The fourth-order valence-corrected chi connectivity index (χ4v) is 1.51. The van der Waals surface area contributed by atoms with Gasteiger partial charge in [-0.05, 0) is 31.2 Å². The number of esters is 1. The molecule has 0 radical (unpaired) electrons. The molecular weight excluding hydrogens is 204 g/mol. The first-order chi connectivity index (χ1) is 7.72. The molecule has 0 fully saturated rings. The number of carbonyl (C=O) groups excluding carboxylic acids is 1. The number of hydrogen-bond donors (Lipinski definition) is 1. The van der Waals surface area contributed by atoms with Crippen molar-refractivity contribution in [2.24, 2.45) is 0 Å². The van der Waals surface area contributed by atoms with Gasteiger partial charge in [-0.3, -0.25) is 4.98 Å². The highest BCUT2D eigenvalue weighted by atomic mass is 16.5. The average Bonchev–Trinajstić information content (AvgIpc) is 2.29. The maximum Gasteiger partial charge on any atom is 0.338 e. The van der Waals surface area contributed by atoms with Crippen molar-refractivity contribution in [1.29, 1.82) is 0 Å². The molecule has 0 amide bonds. The summed E-state index contributed by atoms with van der Waals surface area (Å²) in [5.74, 6) is -0.340. The first kappa shape index (κ1) is 10.4. The first-order valence-corrected chi connectivity index (χ1v) is 5.03. The molecule has 0 aliphatic heterocycles. The van der Waals surface area contributed by atoms with Crippen LogP contribution in [0.3, 0.4) is 0 Å². The van der Waals surface area contributed by atoms with Crippen LogP contribution in [-0.4, -0.2) is 17.6 Å². The molecule has 0 aliphatic carbocycles. The van der Waals surface area contributed by atoms with Gasteiger partial charge in [-0.15, -0.1) is 0 Å². The average molecular weight is 216 g/mol. The molecule has 2 N–H and O–H groups in total. The molecule has 0 atom stereocenters.